The number of rotatable bonds is 5. The molecule has 0 fully saturated rings. The molecular weight excluding hydrogens is 270 g/mol. The van der Waals surface area contributed by atoms with Gasteiger partial charge in [-0.25, -0.2) is 4.98 Å². The lowest BCUT2D eigenvalue weighted by Crippen LogP contribution is -2.08. The summed E-state index contributed by atoms with van der Waals surface area (Å²) in [5, 5.41) is 19.1. The first-order chi connectivity index (χ1) is 10.2. The molecule has 1 aromatic carbocycles. The van der Waals surface area contributed by atoms with Gasteiger partial charge < -0.3 is 14.8 Å². The van der Waals surface area contributed by atoms with E-state index in [2.05, 4.69) is 9.97 Å². The Bertz CT molecular complexity index is 692. The molecule has 0 saturated heterocycles. The maximum absolute atomic E-state index is 11.3. The largest absolute Gasteiger partial charge is 0.507 e. The number of benzene rings is 1. The van der Waals surface area contributed by atoms with Crippen molar-refractivity contribution in [3.63, 3.8) is 0 Å². The number of H-pyrrole nitrogens is 1. The number of hydrogen-bond acceptors (Lipinski definition) is 5. The number of nitrogens with zero attached hydrogens (tertiary/aromatic N) is 2. The van der Waals surface area contributed by atoms with Gasteiger partial charge in [0.15, 0.2) is 11.6 Å². The van der Waals surface area contributed by atoms with E-state index >= 15 is 0 Å². The lowest BCUT2D eigenvalue weighted by molar-refractivity contribution is -0.143. The molecule has 0 unspecified atom stereocenters. The van der Waals surface area contributed by atoms with Crippen LogP contribution in [-0.2, 0) is 9.53 Å². The number of aliphatic hydroxyl groups is 1. The van der Waals surface area contributed by atoms with Gasteiger partial charge >= 0.3 is 5.97 Å². The molecule has 0 saturated carbocycles. The van der Waals surface area contributed by atoms with Gasteiger partial charge in [0, 0.05) is 6.42 Å². The van der Waals surface area contributed by atoms with E-state index in [0.717, 1.165) is 5.52 Å². The Kier molecular flexibility index (Phi) is 4.57. The minimum atomic E-state index is -0.411. The van der Waals surface area contributed by atoms with Crippen molar-refractivity contribution in [1.82, 2.24) is 9.97 Å². The molecule has 6 nitrogen and oxygen atoms in total. The van der Waals surface area contributed by atoms with Crippen LogP contribution in [0.3, 0.4) is 0 Å². The fraction of sp³-hybridized carbons (Fsp3) is 0.267. The van der Waals surface area contributed by atoms with Crippen LogP contribution in [0.1, 0.15) is 25.6 Å². The first-order valence-electron chi connectivity index (χ1n) is 6.58. The third-order valence-electron chi connectivity index (χ3n) is 2.85. The van der Waals surface area contributed by atoms with Gasteiger partial charge in [-0.15, -0.1) is 0 Å². The number of allylic oxidation sites excluding steroid dienone is 1. The monoisotopic (exact) mass is 285 g/mol. The minimum absolute atomic E-state index is 0.0319. The number of imidazole rings is 1. The summed E-state index contributed by atoms with van der Waals surface area (Å²) in [4.78, 5) is 18.5. The molecule has 0 aliphatic heterocycles. The van der Waals surface area contributed by atoms with Crippen LogP contribution in [0.5, 0.6) is 0 Å². The Morgan fingerprint density at radius 1 is 1.48 bits per heavy atom. The van der Waals surface area contributed by atoms with Crippen molar-refractivity contribution >= 4 is 22.6 Å². The van der Waals surface area contributed by atoms with Gasteiger partial charge in [-0.1, -0.05) is 19.1 Å². The highest BCUT2D eigenvalue weighted by molar-refractivity contribution is 5.82. The second-order valence-corrected chi connectivity index (χ2v) is 4.45. The van der Waals surface area contributed by atoms with Crippen LogP contribution >= 0.6 is 0 Å². The smallest absolute Gasteiger partial charge is 0.306 e. The Hall–Kier alpha value is -2.81. The number of aromatic amines is 1. The molecule has 0 atom stereocenters. The van der Waals surface area contributed by atoms with Crippen LogP contribution in [0.15, 0.2) is 30.0 Å². The van der Waals surface area contributed by atoms with Crippen molar-refractivity contribution in [2.75, 3.05) is 6.61 Å². The molecule has 1 heterocycles. The number of fused-ring (bicyclic) bond motifs is 1. The van der Waals surface area contributed by atoms with E-state index in [-0.39, 0.29) is 30.2 Å². The first kappa shape index (κ1) is 14.6. The van der Waals surface area contributed by atoms with Crippen molar-refractivity contribution in [3.05, 3.63) is 35.8 Å². The molecule has 0 bridgehead atoms. The van der Waals surface area contributed by atoms with Crippen molar-refractivity contribution < 1.29 is 14.6 Å². The lowest BCUT2D eigenvalue weighted by atomic mass is 10.2. The number of nitrogens with one attached hydrogen (secondary N) is 1. The number of hydrogen-bond donors (Lipinski definition) is 2. The zero-order chi connectivity index (χ0) is 15.2. The minimum Gasteiger partial charge on any atom is -0.507 e. The number of esters is 1. The standard InChI is InChI=1S/C15H15N3O3/c1-2-5-14(20)21-9-13(19)10(8-16)15-17-11-6-3-4-7-12(11)18-15/h3-4,6-7,19H,2,5,9H2,1H3,(H,17,18). The van der Waals surface area contributed by atoms with E-state index in [0.29, 0.717) is 11.9 Å². The Morgan fingerprint density at radius 2 is 2.24 bits per heavy atom. The highest BCUT2D eigenvalue weighted by Crippen LogP contribution is 2.18. The second kappa shape index (κ2) is 6.57. The van der Waals surface area contributed by atoms with Crippen LogP contribution in [-0.4, -0.2) is 27.7 Å². The molecule has 0 radical (unpaired) electrons. The molecular formula is C15H15N3O3. The van der Waals surface area contributed by atoms with Gasteiger partial charge in [0.2, 0.25) is 0 Å². The quantitative estimate of drug-likeness (QED) is 0.500. The van der Waals surface area contributed by atoms with Crippen LogP contribution in [0.2, 0.25) is 0 Å². The van der Waals surface area contributed by atoms with Gasteiger partial charge in [-0.05, 0) is 18.6 Å². The van der Waals surface area contributed by atoms with Crippen LogP contribution in [0.4, 0.5) is 0 Å². The SMILES string of the molecule is CCCC(=O)OCC(O)=C(C#N)c1nc2ccccc2[nH]1. The van der Waals surface area contributed by atoms with Crippen molar-refractivity contribution in [2.45, 2.75) is 19.8 Å². The summed E-state index contributed by atoms with van der Waals surface area (Å²) in [5.74, 6) is -0.477. The summed E-state index contributed by atoms with van der Waals surface area (Å²) < 4.78 is 4.88. The summed E-state index contributed by atoms with van der Waals surface area (Å²) in [6.45, 7) is 1.52. The number of carbonyl (C=O) groups excluding carboxylic acids is 1. The Balaban J connectivity index is 2.23. The summed E-state index contributed by atoms with van der Waals surface area (Å²) in [5.41, 5.74) is 1.42. The van der Waals surface area contributed by atoms with E-state index in [1.165, 1.54) is 0 Å². The Morgan fingerprint density at radius 3 is 2.90 bits per heavy atom. The first-order valence-corrected chi connectivity index (χ1v) is 6.58. The third kappa shape index (κ3) is 3.39. The molecule has 0 aliphatic rings. The molecule has 0 aliphatic carbocycles. The zero-order valence-electron chi connectivity index (χ0n) is 11.6. The zero-order valence-corrected chi connectivity index (χ0v) is 11.6. The van der Waals surface area contributed by atoms with Crippen LogP contribution in [0.25, 0.3) is 16.6 Å². The van der Waals surface area contributed by atoms with Gasteiger partial charge in [0.05, 0.1) is 11.0 Å². The van der Waals surface area contributed by atoms with Crippen molar-refractivity contribution in [2.24, 2.45) is 0 Å². The maximum atomic E-state index is 11.3. The number of nitriles is 1. The molecule has 0 spiro atoms. The average molecular weight is 285 g/mol. The predicted octanol–water partition coefficient (Wildman–Crippen LogP) is 2.70. The Labute approximate surface area is 121 Å². The number of para-hydroxylation sites is 2. The summed E-state index contributed by atoms with van der Waals surface area (Å²) in [6, 6.07) is 9.16. The average Bonchev–Trinajstić information content (AvgIpc) is 2.89. The summed E-state index contributed by atoms with van der Waals surface area (Å²) in [7, 11) is 0. The maximum Gasteiger partial charge on any atom is 0.306 e. The summed E-state index contributed by atoms with van der Waals surface area (Å²) >= 11 is 0. The molecule has 2 N–H and O–H groups in total. The van der Waals surface area contributed by atoms with Crippen LogP contribution < -0.4 is 0 Å². The molecule has 1 aromatic heterocycles. The van der Waals surface area contributed by atoms with E-state index in [1.54, 1.807) is 6.07 Å². The van der Waals surface area contributed by atoms with E-state index < -0.39 is 5.97 Å². The molecule has 2 aromatic rings. The highest BCUT2D eigenvalue weighted by atomic mass is 16.5. The van der Waals surface area contributed by atoms with Crippen molar-refractivity contribution in [1.29, 1.82) is 5.26 Å². The van der Waals surface area contributed by atoms with Crippen LogP contribution in [0, 0.1) is 11.3 Å². The normalized spacial score (nSPS) is 11.8. The molecule has 6 heteroatoms. The molecule has 108 valence electrons. The second-order valence-electron chi connectivity index (χ2n) is 4.45. The van der Waals surface area contributed by atoms with E-state index in [1.807, 2.05) is 31.2 Å². The van der Waals surface area contributed by atoms with Gasteiger partial charge in [-0.3, -0.25) is 4.79 Å². The third-order valence-corrected chi connectivity index (χ3v) is 2.85. The van der Waals surface area contributed by atoms with Gasteiger partial charge in [0.1, 0.15) is 18.2 Å². The van der Waals surface area contributed by atoms with Gasteiger partial charge in [0.25, 0.3) is 0 Å². The molecule has 2 rings (SSSR count). The molecule has 0 amide bonds. The lowest BCUT2D eigenvalue weighted by Gasteiger charge is -2.04. The van der Waals surface area contributed by atoms with Crippen molar-refractivity contribution in [3.8, 4) is 6.07 Å². The highest BCUT2D eigenvalue weighted by Gasteiger charge is 2.14. The number of carbonyl (C=O) groups is 1. The topological polar surface area (TPSA) is 99.0 Å². The number of aliphatic hydroxyl groups excluding tert-OH is 1. The van der Waals surface area contributed by atoms with E-state index in [9.17, 15) is 15.2 Å². The molecule has 21 heavy (non-hydrogen) atoms. The van der Waals surface area contributed by atoms with E-state index in [4.69, 9.17) is 4.74 Å². The van der Waals surface area contributed by atoms with Gasteiger partial charge in [-0.2, -0.15) is 5.26 Å². The number of ether oxygens (including phenoxy) is 1. The fourth-order valence-electron chi connectivity index (χ4n) is 1.82. The number of aromatic nitrogens is 2. The fourth-order valence-corrected chi connectivity index (χ4v) is 1.82. The predicted molar refractivity (Wildman–Crippen MR) is 77.1 cm³/mol. The summed E-state index contributed by atoms with van der Waals surface area (Å²) in [6.07, 6.45) is 0.942.